The van der Waals surface area contributed by atoms with Crippen LogP contribution in [0.25, 0.3) is 6.08 Å². The van der Waals surface area contributed by atoms with Gasteiger partial charge in [0.2, 0.25) is 5.91 Å². The van der Waals surface area contributed by atoms with E-state index in [4.69, 9.17) is 4.74 Å². The van der Waals surface area contributed by atoms with Crippen molar-refractivity contribution < 1.29 is 9.53 Å². The zero-order valence-electron chi connectivity index (χ0n) is 14.6. The fourth-order valence-corrected chi connectivity index (χ4v) is 3.81. The van der Waals surface area contributed by atoms with Gasteiger partial charge in [-0.1, -0.05) is 24.6 Å². The summed E-state index contributed by atoms with van der Waals surface area (Å²) in [4.78, 5) is 17.1. The Hall–Kier alpha value is -1.81. The van der Waals surface area contributed by atoms with E-state index in [1.165, 1.54) is 32.4 Å². The number of hydrogen-bond acceptors (Lipinski definition) is 3. The molecule has 130 valence electrons. The number of nitrogens with zero attached hydrogens (tertiary/aromatic N) is 2. The van der Waals surface area contributed by atoms with Crippen LogP contribution < -0.4 is 4.74 Å². The molecule has 24 heavy (non-hydrogen) atoms. The van der Waals surface area contributed by atoms with Crippen LogP contribution in [0.5, 0.6) is 5.75 Å². The third-order valence-electron chi connectivity index (χ3n) is 5.23. The van der Waals surface area contributed by atoms with Crippen molar-refractivity contribution in [1.29, 1.82) is 0 Å². The molecule has 0 saturated carbocycles. The Morgan fingerprint density at radius 2 is 1.79 bits per heavy atom. The number of carbonyl (C=O) groups is 1. The quantitative estimate of drug-likeness (QED) is 0.796. The van der Waals surface area contributed by atoms with Gasteiger partial charge in [0.05, 0.1) is 7.11 Å². The minimum Gasteiger partial charge on any atom is -0.496 e. The van der Waals surface area contributed by atoms with E-state index < -0.39 is 0 Å². The van der Waals surface area contributed by atoms with Crippen molar-refractivity contribution in [3.63, 3.8) is 0 Å². The number of benzene rings is 1. The highest BCUT2D eigenvalue weighted by Gasteiger charge is 2.26. The summed E-state index contributed by atoms with van der Waals surface area (Å²) < 4.78 is 5.32. The molecule has 0 aliphatic carbocycles. The minimum atomic E-state index is 0.109. The van der Waals surface area contributed by atoms with Crippen molar-refractivity contribution in [3.05, 3.63) is 35.9 Å². The first kappa shape index (κ1) is 17.0. The number of likely N-dealkylation sites (tertiary alicyclic amines) is 2. The molecule has 2 heterocycles. The molecule has 2 saturated heterocycles. The van der Waals surface area contributed by atoms with Gasteiger partial charge in [0.1, 0.15) is 5.75 Å². The maximum absolute atomic E-state index is 12.4. The highest BCUT2D eigenvalue weighted by Crippen LogP contribution is 2.22. The molecule has 3 rings (SSSR count). The molecule has 2 aliphatic heterocycles. The van der Waals surface area contributed by atoms with Crippen LogP contribution in [-0.4, -0.2) is 55.0 Å². The molecular formula is C20H28N2O2. The highest BCUT2D eigenvalue weighted by molar-refractivity contribution is 5.92. The summed E-state index contributed by atoms with van der Waals surface area (Å²) in [5.41, 5.74) is 0.941. The lowest BCUT2D eigenvalue weighted by atomic mass is 10.00. The number of ether oxygens (including phenoxy) is 1. The predicted octanol–water partition coefficient (Wildman–Crippen LogP) is 3.19. The number of carbonyl (C=O) groups excluding carboxylic acids is 1. The Balaban J connectivity index is 1.52. The summed E-state index contributed by atoms with van der Waals surface area (Å²) in [6.07, 6.45) is 9.79. The van der Waals surface area contributed by atoms with E-state index in [2.05, 4.69) is 4.90 Å². The van der Waals surface area contributed by atoms with Crippen LogP contribution in [0.2, 0.25) is 0 Å². The summed E-state index contributed by atoms with van der Waals surface area (Å²) in [6, 6.07) is 8.44. The number of rotatable bonds is 4. The molecule has 0 N–H and O–H groups in total. The van der Waals surface area contributed by atoms with E-state index in [1.807, 2.05) is 35.2 Å². The topological polar surface area (TPSA) is 32.8 Å². The Morgan fingerprint density at radius 1 is 1.08 bits per heavy atom. The maximum atomic E-state index is 12.4. The third kappa shape index (κ3) is 4.18. The summed E-state index contributed by atoms with van der Waals surface area (Å²) in [5.74, 6) is 0.906. The molecular weight excluding hydrogens is 300 g/mol. The average Bonchev–Trinajstić information content (AvgIpc) is 2.67. The molecule has 0 atom stereocenters. The molecule has 4 nitrogen and oxygen atoms in total. The average molecular weight is 328 g/mol. The minimum absolute atomic E-state index is 0.109. The van der Waals surface area contributed by atoms with Gasteiger partial charge >= 0.3 is 0 Å². The van der Waals surface area contributed by atoms with Crippen LogP contribution in [0.15, 0.2) is 30.3 Å². The van der Waals surface area contributed by atoms with Gasteiger partial charge in [-0.15, -0.1) is 0 Å². The van der Waals surface area contributed by atoms with Gasteiger partial charge in [0.15, 0.2) is 0 Å². The van der Waals surface area contributed by atoms with Crippen LogP contribution in [0, 0.1) is 0 Å². The van der Waals surface area contributed by atoms with Gasteiger partial charge < -0.3 is 14.5 Å². The summed E-state index contributed by atoms with van der Waals surface area (Å²) in [6.45, 7) is 4.23. The molecule has 0 aromatic heterocycles. The van der Waals surface area contributed by atoms with Gasteiger partial charge in [-0.2, -0.15) is 0 Å². The first-order chi connectivity index (χ1) is 11.8. The van der Waals surface area contributed by atoms with E-state index in [1.54, 1.807) is 13.2 Å². The molecule has 0 bridgehead atoms. The van der Waals surface area contributed by atoms with Gasteiger partial charge in [-0.3, -0.25) is 4.79 Å². The molecule has 0 spiro atoms. The molecule has 1 amide bonds. The van der Waals surface area contributed by atoms with Crippen molar-refractivity contribution in [1.82, 2.24) is 9.80 Å². The van der Waals surface area contributed by atoms with E-state index in [0.717, 1.165) is 37.2 Å². The fourth-order valence-electron chi connectivity index (χ4n) is 3.81. The molecule has 0 unspecified atom stereocenters. The maximum Gasteiger partial charge on any atom is 0.246 e. The van der Waals surface area contributed by atoms with Gasteiger partial charge in [-0.05, 0) is 50.9 Å². The largest absolute Gasteiger partial charge is 0.496 e. The smallest absolute Gasteiger partial charge is 0.246 e. The lowest BCUT2D eigenvalue weighted by Gasteiger charge is -2.40. The van der Waals surface area contributed by atoms with Gasteiger partial charge in [0.25, 0.3) is 0 Å². The second kappa shape index (κ2) is 8.34. The highest BCUT2D eigenvalue weighted by atomic mass is 16.5. The van der Waals surface area contributed by atoms with Crippen molar-refractivity contribution in [2.24, 2.45) is 0 Å². The van der Waals surface area contributed by atoms with Crippen LogP contribution in [0.3, 0.4) is 0 Å². The molecule has 4 heteroatoms. The lowest BCUT2D eigenvalue weighted by Crippen LogP contribution is -2.47. The Morgan fingerprint density at radius 3 is 2.50 bits per heavy atom. The Bertz CT molecular complexity index is 571. The lowest BCUT2D eigenvalue weighted by molar-refractivity contribution is -0.127. The van der Waals surface area contributed by atoms with Gasteiger partial charge in [0, 0.05) is 30.8 Å². The first-order valence-corrected chi connectivity index (χ1v) is 9.12. The molecule has 2 fully saturated rings. The molecule has 1 aromatic rings. The fraction of sp³-hybridized carbons (Fsp3) is 0.550. The van der Waals surface area contributed by atoms with Crippen LogP contribution in [0.1, 0.15) is 37.7 Å². The van der Waals surface area contributed by atoms with E-state index >= 15 is 0 Å². The Kier molecular flexibility index (Phi) is 5.91. The first-order valence-electron chi connectivity index (χ1n) is 9.12. The normalized spacial score (nSPS) is 20.5. The predicted molar refractivity (Wildman–Crippen MR) is 97.1 cm³/mol. The van der Waals surface area contributed by atoms with Crippen LogP contribution in [-0.2, 0) is 4.79 Å². The van der Waals surface area contributed by atoms with Crippen molar-refractivity contribution in [3.8, 4) is 5.75 Å². The van der Waals surface area contributed by atoms with E-state index in [0.29, 0.717) is 6.04 Å². The van der Waals surface area contributed by atoms with Gasteiger partial charge in [-0.25, -0.2) is 0 Å². The summed E-state index contributed by atoms with van der Waals surface area (Å²) in [7, 11) is 1.65. The number of hydrogen-bond donors (Lipinski definition) is 0. The molecule has 2 aliphatic rings. The SMILES string of the molecule is COc1ccccc1/C=C/C(=O)N1CCC(N2CCCCC2)CC1. The summed E-state index contributed by atoms with van der Waals surface area (Å²) in [5, 5.41) is 0. The zero-order chi connectivity index (χ0) is 16.8. The number of methoxy groups -OCH3 is 1. The summed E-state index contributed by atoms with van der Waals surface area (Å²) >= 11 is 0. The van der Waals surface area contributed by atoms with E-state index in [9.17, 15) is 4.79 Å². The second-order valence-electron chi connectivity index (χ2n) is 6.73. The Labute approximate surface area is 145 Å². The molecule has 1 aromatic carbocycles. The van der Waals surface area contributed by atoms with Crippen molar-refractivity contribution in [2.75, 3.05) is 33.3 Å². The monoisotopic (exact) mass is 328 g/mol. The molecule has 0 radical (unpaired) electrons. The number of piperidine rings is 2. The van der Waals surface area contributed by atoms with Crippen molar-refractivity contribution >= 4 is 12.0 Å². The van der Waals surface area contributed by atoms with Crippen molar-refractivity contribution in [2.45, 2.75) is 38.1 Å². The number of para-hydroxylation sites is 1. The second-order valence-corrected chi connectivity index (χ2v) is 6.73. The zero-order valence-corrected chi connectivity index (χ0v) is 14.6. The van der Waals surface area contributed by atoms with Crippen LogP contribution >= 0.6 is 0 Å². The number of amides is 1. The van der Waals surface area contributed by atoms with E-state index in [-0.39, 0.29) is 5.91 Å². The third-order valence-corrected chi connectivity index (χ3v) is 5.23. The van der Waals surface area contributed by atoms with Crippen LogP contribution in [0.4, 0.5) is 0 Å². The standard InChI is InChI=1S/C20H28N2O2/c1-24-19-8-4-3-7-17(19)9-10-20(23)22-15-11-18(12-16-22)21-13-5-2-6-14-21/h3-4,7-10,18H,2,5-6,11-16H2,1H3/b10-9+.